The van der Waals surface area contributed by atoms with Gasteiger partial charge in [0.2, 0.25) is 11.8 Å². The van der Waals surface area contributed by atoms with E-state index in [1.807, 2.05) is 0 Å². The molecule has 154 valence electrons. The molecule has 1 aromatic heterocycles. The van der Waals surface area contributed by atoms with E-state index < -0.39 is 23.7 Å². The molecule has 2 heterocycles. The number of thioether (sulfide) groups is 1. The Hall–Kier alpha value is -3.51. The molecule has 0 fully saturated rings. The molecule has 30 heavy (non-hydrogen) atoms. The first-order valence-electron chi connectivity index (χ1n) is 9.01. The second-order valence-electron chi connectivity index (χ2n) is 6.53. The molecule has 3 N–H and O–H groups in total. The Morgan fingerprint density at radius 2 is 2.10 bits per heavy atom. The molecular weight excluding hydrogens is 404 g/mol. The van der Waals surface area contributed by atoms with Crippen LogP contribution in [0.2, 0.25) is 0 Å². The van der Waals surface area contributed by atoms with Crippen LogP contribution in [-0.2, 0) is 9.59 Å². The predicted octanol–water partition coefficient (Wildman–Crippen LogP) is 2.91. The molecular formula is C21H20N4O4S. The molecule has 1 aliphatic heterocycles. The van der Waals surface area contributed by atoms with E-state index >= 15 is 0 Å². The molecule has 0 saturated heterocycles. The average molecular weight is 424 g/mol. The average Bonchev–Trinajstić information content (AvgIpc) is 3.26. The highest BCUT2D eigenvalue weighted by Crippen LogP contribution is 2.43. The number of nitrogens with zero attached hydrogens (tertiary/aromatic N) is 2. The van der Waals surface area contributed by atoms with Crippen molar-refractivity contribution in [3.8, 4) is 11.8 Å². The van der Waals surface area contributed by atoms with Crippen LogP contribution < -0.4 is 15.8 Å². The quantitative estimate of drug-likeness (QED) is 0.733. The van der Waals surface area contributed by atoms with Gasteiger partial charge in [-0.15, -0.1) is 0 Å². The summed E-state index contributed by atoms with van der Waals surface area (Å²) in [7, 11) is 1.56. The van der Waals surface area contributed by atoms with Crippen LogP contribution in [0.25, 0.3) is 0 Å². The van der Waals surface area contributed by atoms with Crippen molar-refractivity contribution in [2.75, 3.05) is 18.2 Å². The first kappa shape index (κ1) is 21.2. The maximum absolute atomic E-state index is 12.4. The van der Waals surface area contributed by atoms with E-state index in [0.717, 1.165) is 11.8 Å². The largest absolute Gasteiger partial charge is 0.497 e. The fraction of sp³-hybridized carbons (Fsp3) is 0.238. The molecule has 0 spiro atoms. The van der Waals surface area contributed by atoms with Crippen LogP contribution >= 0.6 is 11.8 Å². The van der Waals surface area contributed by atoms with Gasteiger partial charge in [0.05, 0.1) is 42.1 Å². The lowest BCUT2D eigenvalue weighted by Gasteiger charge is -2.32. The summed E-state index contributed by atoms with van der Waals surface area (Å²) in [6, 6.07) is 12.5. The lowest BCUT2D eigenvalue weighted by Crippen LogP contribution is -2.38. The Labute approximate surface area is 177 Å². The normalized spacial score (nSPS) is 20.7. The summed E-state index contributed by atoms with van der Waals surface area (Å²) in [5, 5.41) is 13.0. The number of nitrogens with two attached hydrogens (primary N) is 1. The Kier molecular flexibility index (Phi) is 6.59. The van der Waals surface area contributed by atoms with Crippen LogP contribution in [0.15, 0.2) is 64.3 Å². The number of nitrogens with one attached hydrogen (secondary N) is 1. The fourth-order valence-electron chi connectivity index (χ4n) is 3.25. The summed E-state index contributed by atoms with van der Waals surface area (Å²) in [5.41, 5.74) is 6.41. The zero-order valence-electron chi connectivity index (χ0n) is 16.2. The number of primary amides is 1. The number of hydrogen-bond donors (Lipinski definition) is 2. The van der Waals surface area contributed by atoms with E-state index in [-0.39, 0.29) is 17.4 Å². The molecule has 1 unspecified atom stereocenters. The number of anilines is 1. The van der Waals surface area contributed by atoms with Gasteiger partial charge in [0.15, 0.2) is 0 Å². The molecule has 0 saturated carbocycles. The Morgan fingerprint density at radius 1 is 1.37 bits per heavy atom. The minimum atomic E-state index is -0.863. The first-order chi connectivity index (χ1) is 14.4. The molecule has 2 aromatic rings. The highest BCUT2D eigenvalue weighted by molar-refractivity contribution is 8.14. The minimum absolute atomic E-state index is 0.0302. The van der Waals surface area contributed by atoms with Gasteiger partial charge in [0.25, 0.3) is 0 Å². The van der Waals surface area contributed by atoms with E-state index in [1.165, 1.54) is 6.26 Å². The molecule has 3 atom stereocenters. The second kappa shape index (κ2) is 9.33. The van der Waals surface area contributed by atoms with Crippen LogP contribution in [0.4, 0.5) is 5.69 Å². The number of benzene rings is 1. The maximum atomic E-state index is 12.4. The lowest BCUT2D eigenvalue weighted by atomic mass is 9.77. The van der Waals surface area contributed by atoms with E-state index in [9.17, 15) is 14.9 Å². The zero-order valence-corrected chi connectivity index (χ0v) is 17.0. The van der Waals surface area contributed by atoms with Crippen molar-refractivity contribution in [1.29, 1.82) is 5.26 Å². The van der Waals surface area contributed by atoms with Crippen molar-refractivity contribution in [2.45, 2.75) is 5.92 Å². The minimum Gasteiger partial charge on any atom is -0.497 e. The third-order valence-corrected chi connectivity index (χ3v) is 5.69. The topological polar surface area (TPSA) is 131 Å². The number of carbonyl (C=O) groups excluding carboxylic acids is 2. The Morgan fingerprint density at radius 3 is 2.67 bits per heavy atom. The zero-order chi connectivity index (χ0) is 21.7. The van der Waals surface area contributed by atoms with E-state index in [2.05, 4.69) is 23.0 Å². The van der Waals surface area contributed by atoms with Gasteiger partial charge in [-0.2, -0.15) is 5.26 Å². The van der Waals surface area contributed by atoms with Crippen molar-refractivity contribution in [2.24, 2.45) is 22.6 Å². The molecule has 3 rings (SSSR count). The summed E-state index contributed by atoms with van der Waals surface area (Å²) in [6.07, 6.45) is 1.46. The number of carbonyl (C=O) groups is 2. The molecule has 2 amide bonds. The molecule has 9 heteroatoms. The number of aliphatic imine (C=N–C) groups is 1. The van der Waals surface area contributed by atoms with Crippen LogP contribution in [0.3, 0.4) is 0 Å². The van der Waals surface area contributed by atoms with Crippen LogP contribution in [0.5, 0.6) is 5.75 Å². The molecule has 0 aliphatic carbocycles. The van der Waals surface area contributed by atoms with Crippen LogP contribution in [0, 0.1) is 23.2 Å². The Balaban J connectivity index is 1.74. The lowest BCUT2D eigenvalue weighted by molar-refractivity contribution is -0.121. The monoisotopic (exact) mass is 424 g/mol. The number of hydrogen-bond acceptors (Lipinski definition) is 7. The van der Waals surface area contributed by atoms with Crippen LogP contribution in [-0.4, -0.2) is 29.7 Å². The van der Waals surface area contributed by atoms with E-state index in [4.69, 9.17) is 14.9 Å². The van der Waals surface area contributed by atoms with Gasteiger partial charge in [0.1, 0.15) is 17.4 Å². The molecule has 0 bridgehead atoms. The van der Waals surface area contributed by atoms with Gasteiger partial charge in [-0.1, -0.05) is 18.3 Å². The summed E-state index contributed by atoms with van der Waals surface area (Å²) in [5.74, 6) is -2.05. The van der Waals surface area contributed by atoms with Crippen molar-refractivity contribution < 1.29 is 18.7 Å². The van der Waals surface area contributed by atoms with Gasteiger partial charge in [-0.25, -0.2) is 4.99 Å². The van der Waals surface area contributed by atoms with Gasteiger partial charge in [-0.05, 0) is 36.4 Å². The fourth-order valence-corrected chi connectivity index (χ4v) is 4.16. The van der Waals surface area contributed by atoms with Crippen molar-refractivity contribution in [3.05, 3.63) is 60.7 Å². The second-order valence-corrected chi connectivity index (χ2v) is 7.53. The standard InChI is InChI=1S/C21H20N4O4S/c1-12-18(20(23)27)19(16-4-3-9-29-16)15(10-22)21(24-12)30-11-17(26)25-13-5-7-14(28-2)8-6-13/h3-9,15,18-19H,1,11H2,2H3,(H2,23,27)(H,25,26)/t15?,18-,19+/m1/s1. The smallest absolute Gasteiger partial charge is 0.234 e. The number of ether oxygens (including phenoxy) is 1. The Bertz CT molecular complexity index is 1010. The van der Waals surface area contributed by atoms with Crippen molar-refractivity contribution >= 4 is 34.3 Å². The molecule has 0 radical (unpaired) electrons. The number of furan rings is 1. The first-order valence-corrected chi connectivity index (χ1v) is 9.99. The summed E-state index contributed by atoms with van der Waals surface area (Å²) in [4.78, 5) is 28.7. The van der Waals surface area contributed by atoms with Crippen molar-refractivity contribution in [3.63, 3.8) is 0 Å². The van der Waals surface area contributed by atoms with Gasteiger partial charge in [0, 0.05) is 11.4 Å². The molecule has 1 aliphatic rings. The summed E-state index contributed by atoms with van der Waals surface area (Å²) < 4.78 is 10.5. The van der Waals surface area contributed by atoms with E-state index in [0.29, 0.717) is 22.2 Å². The van der Waals surface area contributed by atoms with Gasteiger partial charge in [-0.3, -0.25) is 9.59 Å². The van der Waals surface area contributed by atoms with Crippen molar-refractivity contribution in [1.82, 2.24) is 0 Å². The molecule has 8 nitrogen and oxygen atoms in total. The third kappa shape index (κ3) is 4.55. The number of rotatable bonds is 6. The molecule has 1 aromatic carbocycles. The van der Waals surface area contributed by atoms with Gasteiger partial charge < -0.3 is 20.2 Å². The summed E-state index contributed by atoms with van der Waals surface area (Å²) in [6.45, 7) is 3.84. The number of amides is 2. The highest BCUT2D eigenvalue weighted by atomic mass is 32.2. The SMILES string of the molecule is C=C1N=C(SCC(=O)Nc2ccc(OC)cc2)C(C#N)[C@@H](c2ccco2)[C@@H]1C(N)=O. The summed E-state index contributed by atoms with van der Waals surface area (Å²) >= 11 is 1.12. The van der Waals surface area contributed by atoms with E-state index in [1.54, 1.807) is 43.5 Å². The predicted molar refractivity (Wildman–Crippen MR) is 114 cm³/mol. The number of nitriles is 1. The van der Waals surface area contributed by atoms with Crippen LogP contribution in [0.1, 0.15) is 11.7 Å². The maximum Gasteiger partial charge on any atom is 0.234 e. The number of methoxy groups -OCH3 is 1. The third-order valence-electron chi connectivity index (χ3n) is 4.64. The van der Waals surface area contributed by atoms with Gasteiger partial charge >= 0.3 is 0 Å². The highest BCUT2D eigenvalue weighted by Gasteiger charge is 2.44.